The van der Waals surface area contributed by atoms with Gasteiger partial charge in [0.1, 0.15) is 0 Å². The molecule has 0 aliphatic heterocycles. The molecule has 4 rings (SSSR count). The van der Waals surface area contributed by atoms with Crippen molar-refractivity contribution in [3.05, 3.63) is 96.9 Å². The minimum atomic E-state index is -1.88. The Kier molecular flexibility index (Phi) is 3.11. The molecule has 0 heterocycles. The minimum absolute atomic E-state index is 0.151. The monoisotopic (exact) mass is 313 g/mol. The molecular formula is C22H21Si. The summed E-state index contributed by atoms with van der Waals surface area (Å²) >= 11 is 0. The van der Waals surface area contributed by atoms with Crippen LogP contribution in [0.4, 0.5) is 0 Å². The molecule has 1 aliphatic carbocycles. The lowest BCUT2D eigenvalue weighted by Gasteiger charge is -2.42. The van der Waals surface area contributed by atoms with Crippen molar-refractivity contribution < 1.29 is 0 Å². The van der Waals surface area contributed by atoms with Crippen LogP contribution in [0.5, 0.6) is 0 Å². The molecule has 0 aromatic heterocycles. The lowest BCUT2D eigenvalue weighted by Crippen LogP contribution is -2.58. The van der Waals surface area contributed by atoms with Gasteiger partial charge in [0.2, 0.25) is 0 Å². The van der Waals surface area contributed by atoms with Crippen molar-refractivity contribution >= 4 is 13.3 Å². The van der Waals surface area contributed by atoms with Crippen molar-refractivity contribution in [2.45, 2.75) is 18.1 Å². The van der Waals surface area contributed by atoms with E-state index in [1.165, 1.54) is 27.4 Å². The van der Waals surface area contributed by atoms with Gasteiger partial charge in [-0.25, -0.2) is 0 Å². The second-order valence-corrected chi connectivity index (χ2v) is 11.7. The average Bonchev–Trinajstić information content (AvgIpc) is 2.87. The molecule has 23 heavy (non-hydrogen) atoms. The van der Waals surface area contributed by atoms with Crippen LogP contribution in [-0.2, 0) is 5.04 Å². The summed E-state index contributed by atoms with van der Waals surface area (Å²) in [7, 11) is -1.88. The molecule has 0 amide bonds. The summed E-state index contributed by atoms with van der Waals surface area (Å²) in [6, 6.07) is 28.6. The Morgan fingerprint density at radius 2 is 1.09 bits per heavy atom. The molecule has 0 atom stereocenters. The normalized spacial score (nSPS) is 15.1. The van der Waals surface area contributed by atoms with E-state index in [4.69, 9.17) is 6.92 Å². The van der Waals surface area contributed by atoms with E-state index in [1.54, 1.807) is 0 Å². The SMILES string of the molecule is [CH2]C1([Si](C)(C)c2ccccc2)c2ccccc2-c2ccccc21. The molecule has 0 fully saturated rings. The summed E-state index contributed by atoms with van der Waals surface area (Å²) in [6.07, 6.45) is 0. The van der Waals surface area contributed by atoms with Crippen molar-refractivity contribution in [3.63, 3.8) is 0 Å². The molecule has 0 saturated carbocycles. The largest absolute Gasteiger partial charge is 0.0962 e. The fourth-order valence-corrected chi connectivity index (χ4v) is 7.40. The number of benzene rings is 3. The molecule has 0 unspecified atom stereocenters. The minimum Gasteiger partial charge on any atom is -0.0645 e. The second kappa shape index (κ2) is 4.94. The van der Waals surface area contributed by atoms with Gasteiger partial charge in [0.25, 0.3) is 0 Å². The number of rotatable bonds is 2. The highest BCUT2D eigenvalue weighted by Gasteiger charge is 2.51. The van der Waals surface area contributed by atoms with Gasteiger partial charge in [-0.1, -0.05) is 97.1 Å². The first-order valence-electron chi connectivity index (χ1n) is 8.17. The summed E-state index contributed by atoms with van der Waals surface area (Å²) in [5, 5.41) is 1.31. The number of fused-ring (bicyclic) bond motifs is 3. The van der Waals surface area contributed by atoms with Gasteiger partial charge in [-0.05, 0) is 29.2 Å². The summed E-state index contributed by atoms with van der Waals surface area (Å²) in [5.74, 6) is 0. The first-order valence-corrected chi connectivity index (χ1v) is 11.2. The maximum atomic E-state index is 4.86. The number of hydrogen-bond donors (Lipinski definition) is 0. The zero-order valence-electron chi connectivity index (χ0n) is 13.7. The number of hydrogen-bond acceptors (Lipinski definition) is 0. The van der Waals surface area contributed by atoms with E-state index >= 15 is 0 Å². The van der Waals surface area contributed by atoms with Gasteiger partial charge in [0, 0.05) is 5.04 Å². The summed E-state index contributed by atoms with van der Waals surface area (Å²) in [6.45, 7) is 9.77. The van der Waals surface area contributed by atoms with E-state index in [1.807, 2.05) is 0 Å². The molecule has 1 aliphatic rings. The van der Waals surface area contributed by atoms with Crippen LogP contribution in [0.25, 0.3) is 11.1 Å². The molecule has 0 N–H and O–H groups in total. The van der Waals surface area contributed by atoms with E-state index in [0.717, 1.165) is 0 Å². The first kappa shape index (κ1) is 14.5. The summed E-state index contributed by atoms with van der Waals surface area (Å²) in [5.41, 5.74) is 5.49. The fourth-order valence-electron chi connectivity index (χ4n) is 4.10. The molecular weight excluding hydrogens is 292 g/mol. The zero-order chi connectivity index (χ0) is 16.1. The highest BCUT2D eigenvalue weighted by atomic mass is 28.3. The van der Waals surface area contributed by atoms with Gasteiger partial charge in [0.15, 0.2) is 0 Å². The fraction of sp³-hybridized carbons (Fsp3) is 0.136. The summed E-state index contributed by atoms with van der Waals surface area (Å²) in [4.78, 5) is 0. The van der Waals surface area contributed by atoms with E-state index in [2.05, 4.69) is 92.0 Å². The van der Waals surface area contributed by atoms with Gasteiger partial charge in [-0.15, -0.1) is 0 Å². The Hall–Kier alpha value is -2.12. The van der Waals surface area contributed by atoms with Crippen LogP contribution in [0, 0.1) is 6.92 Å². The van der Waals surface area contributed by atoms with Crippen LogP contribution in [-0.4, -0.2) is 8.07 Å². The molecule has 1 radical (unpaired) electrons. The van der Waals surface area contributed by atoms with Crippen LogP contribution >= 0.6 is 0 Å². The quantitative estimate of drug-likeness (QED) is 0.588. The van der Waals surface area contributed by atoms with Crippen LogP contribution < -0.4 is 5.19 Å². The molecule has 113 valence electrons. The van der Waals surface area contributed by atoms with Crippen LogP contribution in [0.15, 0.2) is 78.9 Å². The van der Waals surface area contributed by atoms with E-state index < -0.39 is 8.07 Å². The Morgan fingerprint density at radius 1 is 0.652 bits per heavy atom. The molecule has 3 aromatic carbocycles. The standard InChI is InChI=1S/C22H21Si/c1-22(23(2,3)17-11-5-4-6-12-17)20-15-9-7-13-18(20)19-14-8-10-16-21(19)22/h4-16H,1H2,2-3H3. The van der Waals surface area contributed by atoms with Gasteiger partial charge >= 0.3 is 0 Å². The van der Waals surface area contributed by atoms with Crippen LogP contribution in [0.3, 0.4) is 0 Å². The predicted octanol–water partition coefficient (Wildman–Crippen LogP) is 4.94. The van der Waals surface area contributed by atoms with Crippen molar-refractivity contribution in [2.75, 3.05) is 0 Å². The third kappa shape index (κ3) is 1.83. The Bertz CT molecular complexity index is 816. The average molecular weight is 313 g/mol. The highest BCUT2D eigenvalue weighted by Crippen LogP contribution is 2.52. The second-order valence-electron chi connectivity index (χ2n) is 6.99. The summed E-state index contributed by atoms with van der Waals surface area (Å²) < 4.78 is 0. The predicted molar refractivity (Wildman–Crippen MR) is 102 cm³/mol. The zero-order valence-corrected chi connectivity index (χ0v) is 14.7. The molecule has 0 saturated heterocycles. The Labute approximate surface area is 139 Å². The molecule has 0 spiro atoms. The first-order chi connectivity index (χ1) is 11.1. The molecule has 0 bridgehead atoms. The van der Waals surface area contributed by atoms with E-state index in [0.29, 0.717) is 0 Å². The van der Waals surface area contributed by atoms with Gasteiger partial charge in [-0.3, -0.25) is 0 Å². The molecule has 0 nitrogen and oxygen atoms in total. The third-order valence-electron chi connectivity index (χ3n) is 5.63. The van der Waals surface area contributed by atoms with E-state index in [9.17, 15) is 0 Å². The van der Waals surface area contributed by atoms with Crippen LogP contribution in [0.2, 0.25) is 13.1 Å². The lowest BCUT2D eigenvalue weighted by atomic mass is 9.98. The molecule has 1 heteroatoms. The highest BCUT2D eigenvalue weighted by molar-refractivity contribution is 6.93. The van der Waals surface area contributed by atoms with Gasteiger partial charge < -0.3 is 0 Å². The lowest BCUT2D eigenvalue weighted by molar-refractivity contribution is 0.902. The molecule has 3 aromatic rings. The smallest absolute Gasteiger partial charge is 0.0645 e. The third-order valence-corrected chi connectivity index (χ3v) is 10.1. The van der Waals surface area contributed by atoms with Gasteiger partial charge in [-0.2, -0.15) is 0 Å². The topological polar surface area (TPSA) is 0 Å². The Balaban J connectivity index is 2.04. The van der Waals surface area contributed by atoms with Crippen LogP contribution in [0.1, 0.15) is 11.1 Å². The Morgan fingerprint density at radius 3 is 1.61 bits per heavy atom. The van der Waals surface area contributed by atoms with Gasteiger partial charge in [0.05, 0.1) is 8.07 Å². The van der Waals surface area contributed by atoms with E-state index in [-0.39, 0.29) is 5.04 Å². The van der Waals surface area contributed by atoms with Crippen molar-refractivity contribution in [1.29, 1.82) is 0 Å². The van der Waals surface area contributed by atoms with Crippen molar-refractivity contribution in [1.82, 2.24) is 0 Å². The maximum Gasteiger partial charge on any atom is 0.0962 e. The van der Waals surface area contributed by atoms with Crippen molar-refractivity contribution in [2.24, 2.45) is 0 Å². The van der Waals surface area contributed by atoms with Crippen molar-refractivity contribution in [3.8, 4) is 11.1 Å². The maximum absolute atomic E-state index is 4.86.